The summed E-state index contributed by atoms with van der Waals surface area (Å²) < 4.78 is 6.18. The molecular weight excluding hydrogens is 360 g/mol. The fourth-order valence-electron chi connectivity index (χ4n) is 2.91. The third-order valence-electron chi connectivity index (χ3n) is 4.14. The van der Waals surface area contributed by atoms with Gasteiger partial charge in [0.15, 0.2) is 0 Å². The monoisotopic (exact) mass is 376 g/mol. The van der Waals surface area contributed by atoms with Crippen LogP contribution in [0.5, 0.6) is 0 Å². The molecule has 0 spiro atoms. The number of halogens is 1. The molecule has 0 fully saturated rings. The average molecular weight is 377 g/mol. The van der Waals surface area contributed by atoms with Crippen molar-refractivity contribution in [3.63, 3.8) is 0 Å². The normalized spacial score (nSPS) is 12.3. The predicted molar refractivity (Wildman–Crippen MR) is 100 cm³/mol. The number of carbonyl (C=O) groups is 1. The summed E-state index contributed by atoms with van der Waals surface area (Å²) in [4.78, 5) is 31.2. The molecule has 2 heterocycles. The Bertz CT molecular complexity index is 992. The number of esters is 1. The van der Waals surface area contributed by atoms with Gasteiger partial charge in [0.1, 0.15) is 10.9 Å². The van der Waals surface area contributed by atoms with Crippen molar-refractivity contribution in [3.05, 3.63) is 50.8 Å². The first-order chi connectivity index (χ1) is 12.0. The van der Waals surface area contributed by atoms with Crippen molar-refractivity contribution in [3.8, 4) is 11.1 Å². The minimum Gasteiger partial charge on any atom is -0.467 e. The van der Waals surface area contributed by atoms with Crippen molar-refractivity contribution in [2.75, 3.05) is 7.11 Å². The average Bonchev–Trinajstić information content (AvgIpc) is 2.95. The lowest BCUT2D eigenvalue weighted by atomic mass is 10.0. The smallest absolute Gasteiger partial charge is 0.329 e. The number of fused-ring (bicyclic) bond motifs is 1. The van der Waals surface area contributed by atoms with Crippen LogP contribution in [0.3, 0.4) is 0 Å². The topological polar surface area (TPSA) is 61.2 Å². The molecule has 0 radical (unpaired) electrons. The van der Waals surface area contributed by atoms with Gasteiger partial charge in [-0.3, -0.25) is 9.36 Å². The molecule has 0 bridgehead atoms. The molecule has 1 aromatic carbocycles. The van der Waals surface area contributed by atoms with E-state index in [0.29, 0.717) is 21.7 Å². The van der Waals surface area contributed by atoms with Crippen LogP contribution in [0, 0.1) is 6.92 Å². The van der Waals surface area contributed by atoms with Crippen LogP contribution in [0.2, 0.25) is 5.02 Å². The molecule has 2 aromatic heterocycles. The van der Waals surface area contributed by atoms with E-state index in [-0.39, 0.29) is 5.56 Å². The highest BCUT2D eigenvalue weighted by atomic mass is 35.5. The number of thiophene rings is 1. The summed E-state index contributed by atoms with van der Waals surface area (Å²) in [5.41, 5.74) is 1.50. The number of aromatic nitrogens is 2. The van der Waals surface area contributed by atoms with Gasteiger partial charge in [-0.25, -0.2) is 9.78 Å². The Morgan fingerprint density at radius 3 is 2.64 bits per heavy atom. The Kier molecular flexibility index (Phi) is 4.92. The fourth-order valence-corrected chi connectivity index (χ4v) is 4.04. The van der Waals surface area contributed by atoms with E-state index in [1.165, 1.54) is 29.3 Å². The molecule has 7 heteroatoms. The zero-order chi connectivity index (χ0) is 18.1. The first-order valence-corrected chi connectivity index (χ1v) is 9.01. The molecule has 1 atom stereocenters. The standard InChI is InChI=1S/C18H17ClN2O3S/c1-4-13(18(23)24-3)21-9-20-16-15(17(21)22)14(10(2)25-16)11-5-7-12(19)8-6-11/h5-9,13H,4H2,1-3H3. The quantitative estimate of drug-likeness (QED) is 0.640. The summed E-state index contributed by atoms with van der Waals surface area (Å²) in [5.74, 6) is -0.453. The molecular formula is C18H17ClN2O3S. The number of carbonyl (C=O) groups excluding carboxylic acids is 1. The minimum absolute atomic E-state index is 0.239. The lowest BCUT2D eigenvalue weighted by molar-refractivity contribution is -0.144. The Hall–Kier alpha value is -2.18. The Balaban J connectivity index is 2.28. The summed E-state index contributed by atoms with van der Waals surface area (Å²) in [5, 5.41) is 1.16. The van der Waals surface area contributed by atoms with Crippen LogP contribution in [-0.4, -0.2) is 22.6 Å². The second-order valence-corrected chi connectivity index (χ2v) is 7.26. The van der Waals surface area contributed by atoms with E-state index in [1.54, 1.807) is 12.1 Å². The maximum Gasteiger partial charge on any atom is 0.329 e. The van der Waals surface area contributed by atoms with Crippen LogP contribution in [0.15, 0.2) is 35.4 Å². The molecule has 25 heavy (non-hydrogen) atoms. The molecule has 0 aliphatic heterocycles. The van der Waals surface area contributed by atoms with E-state index in [1.807, 2.05) is 26.0 Å². The van der Waals surface area contributed by atoms with E-state index >= 15 is 0 Å². The highest BCUT2D eigenvalue weighted by molar-refractivity contribution is 7.19. The largest absolute Gasteiger partial charge is 0.467 e. The molecule has 3 rings (SSSR count). The van der Waals surface area contributed by atoms with Crippen LogP contribution < -0.4 is 5.56 Å². The van der Waals surface area contributed by atoms with E-state index in [0.717, 1.165) is 16.0 Å². The zero-order valence-electron chi connectivity index (χ0n) is 14.1. The van der Waals surface area contributed by atoms with Crippen LogP contribution in [-0.2, 0) is 9.53 Å². The predicted octanol–water partition coefficient (Wildman–Crippen LogP) is 4.21. The van der Waals surface area contributed by atoms with Crippen LogP contribution in [0.25, 0.3) is 21.3 Å². The number of ether oxygens (including phenoxy) is 1. The van der Waals surface area contributed by atoms with E-state index in [4.69, 9.17) is 16.3 Å². The van der Waals surface area contributed by atoms with Crippen LogP contribution >= 0.6 is 22.9 Å². The molecule has 0 amide bonds. The number of nitrogens with zero attached hydrogens (tertiary/aromatic N) is 2. The van der Waals surface area contributed by atoms with Gasteiger partial charge in [-0.15, -0.1) is 11.3 Å². The molecule has 0 aliphatic carbocycles. The lowest BCUT2D eigenvalue weighted by Gasteiger charge is -2.15. The number of rotatable bonds is 4. The third kappa shape index (κ3) is 3.07. The SMILES string of the molecule is CCC(C(=O)OC)n1cnc2sc(C)c(-c3ccc(Cl)cc3)c2c1=O. The second-order valence-electron chi connectivity index (χ2n) is 5.62. The molecule has 5 nitrogen and oxygen atoms in total. The van der Waals surface area contributed by atoms with Gasteiger partial charge < -0.3 is 4.74 Å². The Labute approximate surface area is 153 Å². The summed E-state index contributed by atoms with van der Waals surface area (Å²) in [6, 6.07) is 6.65. The van der Waals surface area contributed by atoms with Gasteiger partial charge in [-0.05, 0) is 31.0 Å². The number of aryl methyl sites for hydroxylation is 1. The molecule has 0 saturated heterocycles. The highest BCUT2D eigenvalue weighted by Gasteiger charge is 2.24. The van der Waals surface area contributed by atoms with Crippen molar-refractivity contribution in [1.29, 1.82) is 0 Å². The van der Waals surface area contributed by atoms with E-state index in [2.05, 4.69) is 4.98 Å². The fraction of sp³-hybridized carbons (Fsp3) is 0.278. The Morgan fingerprint density at radius 1 is 1.36 bits per heavy atom. The molecule has 0 aliphatic rings. The molecule has 0 saturated carbocycles. The molecule has 130 valence electrons. The second kappa shape index (κ2) is 6.98. The van der Waals surface area contributed by atoms with E-state index in [9.17, 15) is 9.59 Å². The van der Waals surface area contributed by atoms with Gasteiger partial charge >= 0.3 is 5.97 Å². The van der Waals surface area contributed by atoms with Gasteiger partial charge in [0, 0.05) is 15.5 Å². The number of hydrogen-bond acceptors (Lipinski definition) is 5. The van der Waals surface area contributed by atoms with Gasteiger partial charge in [0.2, 0.25) is 0 Å². The summed E-state index contributed by atoms with van der Waals surface area (Å²) in [6.45, 7) is 3.79. The number of benzene rings is 1. The lowest BCUT2D eigenvalue weighted by Crippen LogP contribution is -2.30. The van der Waals surface area contributed by atoms with Crippen molar-refractivity contribution in [2.45, 2.75) is 26.3 Å². The number of hydrogen-bond donors (Lipinski definition) is 0. The zero-order valence-corrected chi connectivity index (χ0v) is 15.6. The van der Waals surface area contributed by atoms with Gasteiger partial charge in [0.05, 0.1) is 18.8 Å². The molecule has 3 aromatic rings. The van der Waals surface area contributed by atoms with Gasteiger partial charge in [-0.1, -0.05) is 30.7 Å². The molecule has 1 unspecified atom stereocenters. The summed E-state index contributed by atoms with van der Waals surface area (Å²) in [7, 11) is 1.32. The third-order valence-corrected chi connectivity index (χ3v) is 5.41. The van der Waals surface area contributed by atoms with Crippen molar-refractivity contribution in [1.82, 2.24) is 9.55 Å². The number of methoxy groups -OCH3 is 1. The maximum absolute atomic E-state index is 13.1. The van der Waals surface area contributed by atoms with E-state index < -0.39 is 12.0 Å². The van der Waals surface area contributed by atoms with Crippen LogP contribution in [0.1, 0.15) is 24.3 Å². The van der Waals surface area contributed by atoms with Crippen molar-refractivity contribution in [2.24, 2.45) is 0 Å². The Morgan fingerprint density at radius 2 is 2.04 bits per heavy atom. The van der Waals surface area contributed by atoms with Gasteiger partial charge in [0.25, 0.3) is 5.56 Å². The maximum atomic E-state index is 13.1. The first kappa shape index (κ1) is 17.6. The van der Waals surface area contributed by atoms with Crippen LogP contribution in [0.4, 0.5) is 0 Å². The minimum atomic E-state index is -0.687. The first-order valence-electron chi connectivity index (χ1n) is 7.82. The highest BCUT2D eigenvalue weighted by Crippen LogP contribution is 2.36. The van der Waals surface area contributed by atoms with Crippen molar-refractivity contribution < 1.29 is 9.53 Å². The summed E-state index contributed by atoms with van der Waals surface area (Å²) >= 11 is 7.43. The van der Waals surface area contributed by atoms with Gasteiger partial charge in [-0.2, -0.15) is 0 Å². The van der Waals surface area contributed by atoms with Crippen molar-refractivity contribution >= 4 is 39.1 Å². The molecule has 0 N–H and O–H groups in total. The summed E-state index contributed by atoms with van der Waals surface area (Å²) in [6.07, 6.45) is 1.87.